The van der Waals surface area contributed by atoms with Crippen molar-refractivity contribution in [1.29, 1.82) is 0 Å². The van der Waals surface area contributed by atoms with Gasteiger partial charge in [-0.2, -0.15) is 0 Å². The Morgan fingerprint density at radius 1 is 1.33 bits per heavy atom. The van der Waals surface area contributed by atoms with Gasteiger partial charge in [-0.3, -0.25) is 4.79 Å². The molecule has 110 valence electrons. The lowest BCUT2D eigenvalue weighted by Gasteiger charge is -2.07. The van der Waals surface area contributed by atoms with Crippen molar-refractivity contribution in [2.24, 2.45) is 0 Å². The molecule has 1 heterocycles. The molecule has 0 aliphatic carbocycles. The first-order chi connectivity index (χ1) is 10.2. The highest BCUT2D eigenvalue weighted by molar-refractivity contribution is 8.76. The molecule has 2 N–H and O–H groups in total. The Kier molecular flexibility index (Phi) is 5.95. The van der Waals surface area contributed by atoms with Gasteiger partial charge in [-0.25, -0.2) is 4.98 Å². The van der Waals surface area contributed by atoms with Gasteiger partial charge < -0.3 is 10.4 Å². The number of nitrogens with one attached hydrogen (secondary N) is 1. The van der Waals surface area contributed by atoms with E-state index in [1.165, 1.54) is 0 Å². The summed E-state index contributed by atoms with van der Waals surface area (Å²) in [4.78, 5) is 16.1. The van der Waals surface area contributed by atoms with Crippen LogP contribution >= 0.6 is 21.6 Å². The minimum Gasteiger partial charge on any atom is -0.507 e. The predicted molar refractivity (Wildman–Crippen MR) is 87.7 cm³/mol. The van der Waals surface area contributed by atoms with Gasteiger partial charge in [-0.05, 0) is 47.5 Å². The number of rotatable bonds is 6. The minimum absolute atomic E-state index is 0.0167. The number of hydrogen-bond donors (Lipinski definition) is 2. The molecule has 0 aliphatic rings. The standard InChI is InChI=1S/C15H16N2O2S2/c1-11-5-6-12(13(18)10-11)15(19)17-8-9-20-21-14-4-2-3-7-16-14/h2-7,10,18H,8-9H2,1H3,(H,17,19). The summed E-state index contributed by atoms with van der Waals surface area (Å²) in [7, 11) is 3.20. The summed E-state index contributed by atoms with van der Waals surface area (Å²) in [5.74, 6) is 0.526. The number of benzene rings is 1. The maximum atomic E-state index is 11.9. The Bertz CT molecular complexity index is 606. The maximum Gasteiger partial charge on any atom is 0.255 e. The van der Waals surface area contributed by atoms with Gasteiger partial charge in [-0.1, -0.05) is 22.9 Å². The number of hydrogen-bond acceptors (Lipinski definition) is 5. The van der Waals surface area contributed by atoms with E-state index >= 15 is 0 Å². The molecule has 0 saturated heterocycles. The van der Waals surface area contributed by atoms with Crippen LogP contribution in [0.1, 0.15) is 15.9 Å². The van der Waals surface area contributed by atoms with Crippen LogP contribution in [-0.4, -0.2) is 28.3 Å². The largest absolute Gasteiger partial charge is 0.507 e. The highest BCUT2D eigenvalue weighted by Crippen LogP contribution is 2.28. The first-order valence-electron chi connectivity index (χ1n) is 6.45. The monoisotopic (exact) mass is 320 g/mol. The van der Waals surface area contributed by atoms with Crippen LogP contribution in [0.3, 0.4) is 0 Å². The van der Waals surface area contributed by atoms with Crippen LogP contribution in [0, 0.1) is 6.92 Å². The van der Waals surface area contributed by atoms with E-state index in [-0.39, 0.29) is 11.7 Å². The topological polar surface area (TPSA) is 62.2 Å². The molecular weight excluding hydrogens is 304 g/mol. The van der Waals surface area contributed by atoms with E-state index in [9.17, 15) is 9.90 Å². The molecule has 1 aromatic heterocycles. The fraction of sp³-hybridized carbons (Fsp3) is 0.200. The van der Waals surface area contributed by atoms with Crippen LogP contribution in [-0.2, 0) is 0 Å². The average Bonchev–Trinajstić information content (AvgIpc) is 2.47. The summed E-state index contributed by atoms with van der Waals surface area (Å²) >= 11 is 0. The number of phenols is 1. The van der Waals surface area contributed by atoms with E-state index in [1.54, 1.807) is 46.0 Å². The van der Waals surface area contributed by atoms with Crippen LogP contribution < -0.4 is 5.32 Å². The van der Waals surface area contributed by atoms with Crippen LogP contribution in [0.15, 0.2) is 47.6 Å². The van der Waals surface area contributed by atoms with Gasteiger partial charge in [0.05, 0.1) is 5.56 Å². The average molecular weight is 320 g/mol. The number of aromatic nitrogens is 1. The van der Waals surface area contributed by atoms with Gasteiger partial charge in [0.1, 0.15) is 10.8 Å². The second-order valence-electron chi connectivity index (χ2n) is 4.35. The summed E-state index contributed by atoms with van der Waals surface area (Å²) < 4.78 is 0. The molecule has 1 aromatic carbocycles. The van der Waals surface area contributed by atoms with Crippen LogP contribution in [0.5, 0.6) is 5.75 Å². The van der Waals surface area contributed by atoms with Gasteiger partial charge in [0.2, 0.25) is 0 Å². The Labute approximate surface area is 131 Å². The predicted octanol–water partition coefficient (Wildman–Crippen LogP) is 3.27. The first-order valence-corrected chi connectivity index (χ1v) is 8.77. The molecule has 2 aromatic rings. The third kappa shape index (κ3) is 4.99. The number of pyridine rings is 1. The van der Waals surface area contributed by atoms with Crippen molar-refractivity contribution >= 4 is 27.5 Å². The Morgan fingerprint density at radius 3 is 2.90 bits per heavy atom. The number of amides is 1. The van der Waals surface area contributed by atoms with Crippen molar-refractivity contribution in [3.05, 3.63) is 53.7 Å². The number of aromatic hydroxyl groups is 1. The SMILES string of the molecule is Cc1ccc(C(=O)NCCSSc2ccccn2)c(O)c1. The number of phenolic OH excluding ortho intramolecular Hbond substituents is 1. The smallest absolute Gasteiger partial charge is 0.255 e. The molecule has 0 saturated carbocycles. The number of carbonyl (C=O) groups excluding carboxylic acids is 1. The first kappa shape index (κ1) is 15.7. The Balaban J connectivity index is 1.72. The summed E-state index contributed by atoms with van der Waals surface area (Å²) in [6.45, 7) is 2.41. The fourth-order valence-electron chi connectivity index (χ4n) is 1.63. The van der Waals surface area contributed by atoms with Crippen molar-refractivity contribution in [1.82, 2.24) is 10.3 Å². The molecule has 0 fully saturated rings. The van der Waals surface area contributed by atoms with Crippen molar-refractivity contribution in [2.45, 2.75) is 11.9 Å². The molecule has 0 atom stereocenters. The van der Waals surface area contributed by atoms with Crippen LogP contribution in [0.25, 0.3) is 0 Å². The lowest BCUT2D eigenvalue weighted by Crippen LogP contribution is -2.25. The van der Waals surface area contributed by atoms with E-state index in [0.717, 1.165) is 16.3 Å². The second kappa shape index (κ2) is 7.95. The zero-order chi connectivity index (χ0) is 15.1. The van der Waals surface area contributed by atoms with E-state index < -0.39 is 0 Å². The Morgan fingerprint density at radius 2 is 2.19 bits per heavy atom. The van der Waals surface area contributed by atoms with E-state index in [0.29, 0.717) is 12.1 Å². The van der Waals surface area contributed by atoms with Crippen molar-refractivity contribution in [2.75, 3.05) is 12.3 Å². The van der Waals surface area contributed by atoms with Gasteiger partial charge in [0.15, 0.2) is 0 Å². The molecule has 2 rings (SSSR count). The Hall–Kier alpha value is -1.66. The molecule has 21 heavy (non-hydrogen) atoms. The van der Waals surface area contributed by atoms with Gasteiger partial charge in [-0.15, -0.1) is 0 Å². The molecule has 1 amide bonds. The van der Waals surface area contributed by atoms with Crippen molar-refractivity contribution < 1.29 is 9.90 Å². The second-order valence-corrected chi connectivity index (χ2v) is 6.79. The maximum absolute atomic E-state index is 11.9. The van der Waals surface area contributed by atoms with Crippen molar-refractivity contribution in [3.63, 3.8) is 0 Å². The van der Waals surface area contributed by atoms with Gasteiger partial charge in [0, 0.05) is 18.5 Å². The van der Waals surface area contributed by atoms with Crippen molar-refractivity contribution in [3.8, 4) is 5.75 Å². The normalized spacial score (nSPS) is 10.3. The molecule has 0 bridgehead atoms. The lowest BCUT2D eigenvalue weighted by atomic mass is 10.1. The minimum atomic E-state index is -0.254. The highest BCUT2D eigenvalue weighted by Gasteiger charge is 2.10. The van der Waals surface area contributed by atoms with Gasteiger partial charge in [0.25, 0.3) is 5.91 Å². The van der Waals surface area contributed by atoms with Crippen LogP contribution in [0.2, 0.25) is 0 Å². The van der Waals surface area contributed by atoms with Gasteiger partial charge >= 0.3 is 0 Å². The number of aryl methyl sites for hydroxylation is 1. The summed E-state index contributed by atoms with van der Waals surface area (Å²) in [6.07, 6.45) is 1.75. The highest BCUT2D eigenvalue weighted by atomic mass is 33.1. The third-order valence-corrected chi connectivity index (χ3v) is 4.92. The number of carbonyl (C=O) groups is 1. The third-order valence-electron chi connectivity index (χ3n) is 2.65. The molecule has 4 nitrogen and oxygen atoms in total. The molecule has 0 radical (unpaired) electrons. The fourth-order valence-corrected chi connectivity index (χ4v) is 3.42. The van der Waals surface area contributed by atoms with Crippen LogP contribution in [0.4, 0.5) is 0 Å². The zero-order valence-electron chi connectivity index (χ0n) is 11.6. The molecule has 0 spiro atoms. The molecule has 6 heteroatoms. The molecule has 0 aliphatic heterocycles. The lowest BCUT2D eigenvalue weighted by molar-refractivity contribution is 0.0953. The van der Waals surface area contributed by atoms with E-state index in [4.69, 9.17) is 0 Å². The molecular formula is C15H16N2O2S2. The summed E-state index contributed by atoms with van der Waals surface area (Å²) in [5.41, 5.74) is 1.23. The van der Waals surface area contributed by atoms with E-state index in [1.807, 2.05) is 25.1 Å². The quantitative estimate of drug-likeness (QED) is 0.632. The molecule has 0 unspecified atom stereocenters. The number of nitrogens with zero attached hydrogens (tertiary/aromatic N) is 1. The summed E-state index contributed by atoms with van der Waals surface area (Å²) in [6, 6.07) is 10.8. The van der Waals surface area contributed by atoms with E-state index in [2.05, 4.69) is 10.3 Å². The summed E-state index contributed by atoms with van der Waals surface area (Å²) in [5, 5.41) is 13.5. The zero-order valence-corrected chi connectivity index (χ0v) is 13.2.